The molecule has 0 saturated carbocycles. The zero-order chi connectivity index (χ0) is 25.1. The maximum atomic E-state index is 13.1. The Morgan fingerprint density at radius 1 is 1.23 bits per heavy atom. The van der Waals surface area contributed by atoms with Crippen molar-refractivity contribution in [3.63, 3.8) is 0 Å². The predicted octanol–water partition coefficient (Wildman–Crippen LogP) is 4.01. The fourth-order valence-corrected chi connectivity index (χ4v) is 4.56. The second-order valence-corrected chi connectivity index (χ2v) is 10.4. The van der Waals surface area contributed by atoms with Crippen LogP contribution in [0.3, 0.4) is 0 Å². The highest BCUT2D eigenvalue weighted by Gasteiger charge is 2.45. The molecule has 3 aliphatic heterocycles. The van der Waals surface area contributed by atoms with Gasteiger partial charge in [0.15, 0.2) is 12.1 Å². The van der Waals surface area contributed by atoms with Crippen molar-refractivity contribution in [2.45, 2.75) is 76.8 Å². The summed E-state index contributed by atoms with van der Waals surface area (Å²) in [6, 6.07) is 5.24. The van der Waals surface area contributed by atoms with Crippen LogP contribution in [-0.2, 0) is 19.1 Å². The van der Waals surface area contributed by atoms with Gasteiger partial charge in [-0.2, -0.15) is 0 Å². The van der Waals surface area contributed by atoms with Gasteiger partial charge in [-0.1, -0.05) is 6.07 Å². The summed E-state index contributed by atoms with van der Waals surface area (Å²) in [7, 11) is 0. The van der Waals surface area contributed by atoms with Crippen LogP contribution >= 0.6 is 0 Å². The Kier molecular flexibility index (Phi) is 7.47. The van der Waals surface area contributed by atoms with Crippen molar-refractivity contribution in [1.29, 1.82) is 0 Å². The maximum Gasteiger partial charge on any atom is 0.410 e. The minimum absolute atomic E-state index is 0.0465. The average molecular weight is 487 g/mol. The van der Waals surface area contributed by atoms with E-state index in [2.05, 4.69) is 5.48 Å². The first-order valence-electron chi connectivity index (χ1n) is 12.2. The van der Waals surface area contributed by atoms with Crippen LogP contribution in [0.5, 0.6) is 5.75 Å². The molecule has 9 heteroatoms. The molecule has 0 aliphatic carbocycles. The van der Waals surface area contributed by atoms with Crippen LogP contribution in [-0.4, -0.2) is 59.9 Å². The Morgan fingerprint density at radius 2 is 2.06 bits per heavy atom. The Bertz CT molecular complexity index is 994. The van der Waals surface area contributed by atoms with Gasteiger partial charge in [-0.15, -0.1) is 0 Å². The number of nitrogens with zero attached hydrogens (tertiary/aromatic N) is 1. The van der Waals surface area contributed by atoms with E-state index in [9.17, 15) is 14.4 Å². The molecule has 3 aliphatic rings. The number of rotatable bonds is 4. The lowest BCUT2D eigenvalue weighted by Gasteiger charge is -2.44. The number of carbonyl (C=O) groups excluding carboxylic acids is 3. The summed E-state index contributed by atoms with van der Waals surface area (Å²) in [4.78, 5) is 44.6. The first-order valence-corrected chi connectivity index (χ1v) is 12.2. The van der Waals surface area contributed by atoms with Crippen molar-refractivity contribution in [3.05, 3.63) is 35.4 Å². The fourth-order valence-electron chi connectivity index (χ4n) is 4.56. The van der Waals surface area contributed by atoms with E-state index in [-0.39, 0.29) is 12.2 Å². The van der Waals surface area contributed by atoms with Gasteiger partial charge in [0.2, 0.25) is 0 Å². The minimum atomic E-state index is -0.755. The first-order chi connectivity index (χ1) is 16.6. The van der Waals surface area contributed by atoms with Gasteiger partial charge in [0, 0.05) is 25.6 Å². The fraction of sp³-hybridized carbons (Fsp3) is 0.577. The van der Waals surface area contributed by atoms with E-state index in [1.807, 2.05) is 20.8 Å². The number of fused-ring (bicyclic) bond motifs is 1. The van der Waals surface area contributed by atoms with Crippen LogP contribution in [0.15, 0.2) is 24.3 Å². The van der Waals surface area contributed by atoms with Crippen molar-refractivity contribution >= 4 is 23.9 Å². The monoisotopic (exact) mass is 486 g/mol. The average Bonchev–Trinajstić information content (AvgIpc) is 2.81. The van der Waals surface area contributed by atoms with E-state index < -0.39 is 29.5 Å². The molecule has 1 spiro atoms. The molecular weight excluding hydrogens is 452 g/mol. The van der Waals surface area contributed by atoms with Crippen LogP contribution in [0.25, 0.3) is 6.08 Å². The molecule has 2 unspecified atom stereocenters. The molecule has 1 aromatic rings. The Morgan fingerprint density at radius 3 is 2.80 bits per heavy atom. The number of benzene rings is 1. The number of hydrogen-bond donors (Lipinski definition) is 1. The number of carbonyl (C=O) groups is 3. The van der Waals surface area contributed by atoms with Gasteiger partial charge >= 0.3 is 6.09 Å². The summed E-state index contributed by atoms with van der Waals surface area (Å²) < 4.78 is 17.2. The molecule has 4 rings (SSSR count). The van der Waals surface area contributed by atoms with E-state index >= 15 is 0 Å². The van der Waals surface area contributed by atoms with Crippen molar-refractivity contribution in [1.82, 2.24) is 10.4 Å². The molecule has 2 amide bonds. The molecule has 0 radical (unpaired) electrons. The molecule has 2 fully saturated rings. The van der Waals surface area contributed by atoms with Gasteiger partial charge < -0.3 is 19.1 Å². The van der Waals surface area contributed by atoms with Crippen molar-refractivity contribution < 1.29 is 33.4 Å². The van der Waals surface area contributed by atoms with E-state index in [0.717, 1.165) is 25.7 Å². The Labute approximate surface area is 205 Å². The van der Waals surface area contributed by atoms with Crippen LogP contribution in [0.4, 0.5) is 4.79 Å². The maximum absolute atomic E-state index is 13.1. The largest absolute Gasteiger partial charge is 0.484 e. The van der Waals surface area contributed by atoms with Gasteiger partial charge in [-0.05, 0) is 70.2 Å². The van der Waals surface area contributed by atoms with E-state index in [0.29, 0.717) is 43.0 Å². The topological polar surface area (TPSA) is 103 Å². The predicted molar refractivity (Wildman–Crippen MR) is 128 cm³/mol. The lowest BCUT2D eigenvalue weighted by molar-refractivity contribution is -0.198. The summed E-state index contributed by atoms with van der Waals surface area (Å²) in [6.45, 7) is 6.99. The number of hydrogen-bond acceptors (Lipinski definition) is 7. The van der Waals surface area contributed by atoms with Gasteiger partial charge in [-0.3, -0.25) is 9.59 Å². The highest BCUT2D eigenvalue weighted by atomic mass is 16.8. The summed E-state index contributed by atoms with van der Waals surface area (Å²) in [5, 5.41) is 0. The van der Waals surface area contributed by atoms with Gasteiger partial charge in [0.25, 0.3) is 5.91 Å². The standard InChI is InChI=1S/C26H34N2O7/c1-25(2,3)34-24(31)28-13-6-12-26(17-28)16-20(29)19-15-18(8-10-21(19)33-26)9-11-22(30)27-35-23-7-4-5-14-32-23/h8-11,15,23H,4-7,12-14,16-17H2,1-3H3,(H,27,30). The van der Waals surface area contributed by atoms with Crippen molar-refractivity contribution in [2.75, 3.05) is 19.7 Å². The molecule has 3 heterocycles. The third-order valence-electron chi connectivity index (χ3n) is 6.16. The SMILES string of the molecule is CC(C)(C)OC(=O)N1CCCC2(CC(=O)c3cc(C=CC(=O)NOC4CCCCO4)ccc3O2)C1. The lowest BCUT2D eigenvalue weighted by Crippen LogP contribution is -2.56. The van der Waals surface area contributed by atoms with E-state index in [1.54, 1.807) is 29.2 Å². The minimum Gasteiger partial charge on any atom is -0.484 e. The zero-order valence-corrected chi connectivity index (χ0v) is 20.6. The van der Waals surface area contributed by atoms with Crippen LogP contribution in [0.2, 0.25) is 0 Å². The molecule has 9 nitrogen and oxygen atoms in total. The molecule has 0 aromatic heterocycles. The first kappa shape index (κ1) is 25.2. The highest BCUT2D eigenvalue weighted by molar-refractivity contribution is 6.01. The smallest absolute Gasteiger partial charge is 0.410 e. The number of hydroxylamine groups is 1. The zero-order valence-electron chi connectivity index (χ0n) is 20.6. The molecular formula is C26H34N2O7. The second-order valence-electron chi connectivity index (χ2n) is 10.4. The molecule has 0 bridgehead atoms. The van der Waals surface area contributed by atoms with Gasteiger partial charge in [0.05, 0.1) is 18.5 Å². The number of amides is 2. The molecule has 1 aromatic carbocycles. The van der Waals surface area contributed by atoms with E-state index in [1.165, 1.54) is 6.08 Å². The summed E-state index contributed by atoms with van der Waals surface area (Å²) in [6.07, 6.45) is 6.49. The highest BCUT2D eigenvalue weighted by Crippen LogP contribution is 2.39. The van der Waals surface area contributed by atoms with Crippen LogP contribution in [0, 0.1) is 0 Å². The summed E-state index contributed by atoms with van der Waals surface area (Å²) in [5.41, 5.74) is 2.20. The number of Topliss-reactive ketones (excluding diaryl/α,β-unsaturated/α-hetero) is 1. The van der Waals surface area contributed by atoms with Gasteiger partial charge in [-0.25, -0.2) is 15.1 Å². The van der Waals surface area contributed by atoms with Crippen LogP contribution < -0.4 is 10.2 Å². The second kappa shape index (κ2) is 10.4. The number of ketones is 1. The number of ether oxygens (including phenoxy) is 3. The number of piperidine rings is 1. The molecule has 2 atom stereocenters. The summed E-state index contributed by atoms with van der Waals surface area (Å²) >= 11 is 0. The van der Waals surface area contributed by atoms with Gasteiger partial charge in [0.1, 0.15) is 17.0 Å². The third-order valence-corrected chi connectivity index (χ3v) is 6.16. The van der Waals surface area contributed by atoms with E-state index in [4.69, 9.17) is 19.0 Å². The third kappa shape index (κ3) is 6.61. The normalized spacial score (nSPS) is 24.7. The number of nitrogens with one attached hydrogen (secondary N) is 1. The van der Waals surface area contributed by atoms with Crippen LogP contribution in [0.1, 0.15) is 75.2 Å². The Balaban J connectivity index is 1.38. The van der Waals surface area contributed by atoms with Crippen molar-refractivity contribution in [3.8, 4) is 5.75 Å². The molecule has 190 valence electrons. The molecule has 1 N–H and O–H groups in total. The number of likely N-dealkylation sites (tertiary alicyclic amines) is 1. The quantitative estimate of drug-likeness (QED) is 0.507. The summed E-state index contributed by atoms with van der Waals surface area (Å²) in [5.74, 6) is 0.0318. The molecule has 35 heavy (non-hydrogen) atoms. The lowest BCUT2D eigenvalue weighted by atomic mass is 9.83. The Hall–Kier alpha value is -2.91. The van der Waals surface area contributed by atoms with Crippen molar-refractivity contribution in [2.24, 2.45) is 0 Å². The molecule has 2 saturated heterocycles.